The average molecular weight is 478 g/mol. The first kappa shape index (κ1) is 21.9. The Labute approximate surface area is 201 Å². The van der Waals surface area contributed by atoms with Crippen molar-refractivity contribution in [2.24, 2.45) is 10.7 Å². The van der Waals surface area contributed by atoms with Crippen molar-refractivity contribution in [2.45, 2.75) is 18.6 Å². The lowest BCUT2D eigenvalue weighted by Gasteiger charge is -2.34. The molecule has 7 nitrogen and oxygen atoms in total. The minimum absolute atomic E-state index is 0.160. The molecule has 2 atom stereocenters. The fourth-order valence-electron chi connectivity index (χ4n) is 4.90. The molecular weight excluding hydrogens is 454 g/mol. The molecule has 0 bridgehead atoms. The van der Waals surface area contributed by atoms with E-state index in [-0.39, 0.29) is 12.4 Å². The van der Waals surface area contributed by atoms with Crippen molar-refractivity contribution < 1.29 is 23.0 Å². The van der Waals surface area contributed by atoms with E-state index in [4.69, 9.17) is 19.9 Å². The summed E-state index contributed by atoms with van der Waals surface area (Å²) in [5, 5.41) is 0. The largest absolute Gasteiger partial charge is 0.454 e. The minimum atomic E-state index is -0.578. The number of anilines is 1. The van der Waals surface area contributed by atoms with Gasteiger partial charge in [-0.2, -0.15) is 4.39 Å². The second-order valence-corrected chi connectivity index (χ2v) is 8.83. The Morgan fingerprint density at radius 3 is 2.74 bits per heavy atom. The average Bonchev–Trinajstić information content (AvgIpc) is 2.87. The topological polar surface area (TPSA) is 82.2 Å². The molecule has 1 fully saturated rings. The fourth-order valence-corrected chi connectivity index (χ4v) is 4.90. The number of amidine groups is 1. The van der Waals surface area contributed by atoms with E-state index < -0.39 is 23.9 Å². The summed E-state index contributed by atoms with van der Waals surface area (Å²) in [5.41, 5.74) is 9.14. The highest BCUT2D eigenvalue weighted by atomic mass is 19.1. The molecule has 3 aliphatic rings. The molecule has 35 heavy (non-hydrogen) atoms. The van der Waals surface area contributed by atoms with Crippen molar-refractivity contribution in [1.29, 1.82) is 0 Å². The number of pyridine rings is 1. The van der Waals surface area contributed by atoms with Crippen LogP contribution in [0.1, 0.15) is 17.2 Å². The number of hydrogen-bond donors (Lipinski definition) is 1. The van der Waals surface area contributed by atoms with Crippen LogP contribution in [0.25, 0.3) is 11.1 Å². The molecule has 3 aromatic rings. The van der Waals surface area contributed by atoms with Crippen molar-refractivity contribution in [3.63, 3.8) is 0 Å². The van der Waals surface area contributed by atoms with E-state index in [2.05, 4.69) is 14.9 Å². The van der Waals surface area contributed by atoms with Gasteiger partial charge in [0.1, 0.15) is 24.2 Å². The normalized spacial score (nSPS) is 21.5. The molecule has 1 unspecified atom stereocenters. The van der Waals surface area contributed by atoms with Gasteiger partial charge in [-0.15, -0.1) is 0 Å². The lowest BCUT2D eigenvalue weighted by Crippen LogP contribution is -2.37. The Morgan fingerprint density at radius 2 is 1.91 bits per heavy atom. The number of halogens is 2. The van der Waals surface area contributed by atoms with Gasteiger partial charge in [-0.05, 0) is 35.9 Å². The maximum Gasteiger partial charge on any atom is 0.220 e. The summed E-state index contributed by atoms with van der Waals surface area (Å²) in [4.78, 5) is 10.5. The number of ether oxygens (including phenoxy) is 3. The lowest BCUT2D eigenvalue weighted by molar-refractivity contribution is 0.0484. The number of nitrogens with two attached hydrogens (primary N) is 1. The molecule has 3 aliphatic heterocycles. The molecule has 1 aromatic heterocycles. The molecule has 4 heterocycles. The second-order valence-electron chi connectivity index (χ2n) is 8.83. The van der Waals surface area contributed by atoms with Crippen molar-refractivity contribution >= 4 is 11.5 Å². The van der Waals surface area contributed by atoms with Gasteiger partial charge in [-0.3, -0.25) is 4.99 Å². The number of aliphatic imine (C=N–C) groups is 1. The predicted octanol–water partition coefficient (Wildman–Crippen LogP) is 4.01. The standard InChI is InChI=1S/C26H24F2N4O3/c27-20-13-17(32-6-8-33-9-7-32)10-16-12-22-24(31-23(29)14-34-22)19-11-15(3-4-21(19)35-25(16)20)18-2-1-5-30-26(18)28/h1-5,10-11,13,22,24H,6-9,12,14H2,(H2,29,31)/t22-,24?/m0/s1. The molecule has 0 radical (unpaired) electrons. The van der Waals surface area contributed by atoms with Gasteiger partial charge in [0, 0.05) is 54.2 Å². The molecule has 0 aliphatic carbocycles. The molecule has 0 spiro atoms. The smallest absolute Gasteiger partial charge is 0.220 e. The Hall–Kier alpha value is -3.56. The molecule has 2 aromatic carbocycles. The Balaban J connectivity index is 1.47. The van der Waals surface area contributed by atoms with Crippen LogP contribution in [0.3, 0.4) is 0 Å². The Bertz CT molecular complexity index is 1310. The molecular formula is C26H24F2N4O3. The van der Waals surface area contributed by atoms with Gasteiger partial charge in [-0.1, -0.05) is 6.07 Å². The van der Waals surface area contributed by atoms with Crippen LogP contribution in [0, 0.1) is 11.8 Å². The molecule has 1 saturated heterocycles. The van der Waals surface area contributed by atoms with Crippen molar-refractivity contribution in [3.8, 4) is 22.6 Å². The van der Waals surface area contributed by atoms with E-state index in [0.29, 0.717) is 66.6 Å². The summed E-state index contributed by atoms with van der Waals surface area (Å²) >= 11 is 0. The number of aromatic nitrogens is 1. The summed E-state index contributed by atoms with van der Waals surface area (Å²) in [6.45, 7) is 2.78. The molecule has 0 amide bonds. The third kappa shape index (κ3) is 4.11. The van der Waals surface area contributed by atoms with E-state index in [1.165, 1.54) is 12.3 Å². The van der Waals surface area contributed by atoms with E-state index in [1.807, 2.05) is 6.07 Å². The summed E-state index contributed by atoms with van der Waals surface area (Å²) in [5.74, 6) is -0.0771. The van der Waals surface area contributed by atoms with Gasteiger partial charge in [0.25, 0.3) is 0 Å². The third-order valence-electron chi connectivity index (χ3n) is 6.62. The maximum absolute atomic E-state index is 15.4. The molecule has 0 saturated carbocycles. The van der Waals surface area contributed by atoms with E-state index in [9.17, 15) is 4.39 Å². The van der Waals surface area contributed by atoms with Gasteiger partial charge in [-0.25, -0.2) is 9.37 Å². The third-order valence-corrected chi connectivity index (χ3v) is 6.62. The van der Waals surface area contributed by atoms with Gasteiger partial charge < -0.3 is 24.8 Å². The van der Waals surface area contributed by atoms with Crippen LogP contribution in [0.15, 0.2) is 53.7 Å². The van der Waals surface area contributed by atoms with E-state index >= 15 is 4.39 Å². The first-order valence-electron chi connectivity index (χ1n) is 11.6. The minimum Gasteiger partial charge on any atom is -0.454 e. The number of hydrogen-bond acceptors (Lipinski definition) is 7. The van der Waals surface area contributed by atoms with Gasteiger partial charge in [0.2, 0.25) is 5.95 Å². The van der Waals surface area contributed by atoms with Crippen LogP contribution in [0.4, 0.5) is 14.5 Å². The summed E-state index contributed by atoms with van der Waals surface area (Å²) < 4.78 is 47.5. The van der Waals surface area contributed by atoms with Crippen molar-refractivity contribution in [1.82, 2.24) is 4.98 Å². The zero-order valence-corrected chi connectivity index (χ0v) is 18.9. The van der Waals surface area contributed by atoms with Crippen molar-refractivity contribution in [2.75, 3.05) is 37.8 Å². The number of morpholine rings is 1. The highest BCUT2D eigenvalue weighted by molar-refractivity contribution is 5.82. The van der Waals surface area contributed by atoms with Crippen LogP contribution in [0.2, 0.25) is 0 Å². The Morgan fingerprint density at radius 1 is 1.06 bits per heavy atom. The summed E-state index contributed by atoms with van der Waals surface area (Å²) in [7, 11) is 0. The van der Waals surface area contributed by atoms with Crippen LogP contribution in [0.5, 0.6) is 11.5 Å². The second kappa shape index (κ2) is 8.90. The molecule has 180 valence electrons. The summed E-state index contributed by atoms with van der Waals surface area (Å²) in [6.07, 6.45) is 1.39. The quantitative estimate of drug-likeness (QED) is 0.561. The zero-order valence-electron chi connectivity index (χ0n) is 18.9. The van der Waals surface area contributed by atoms with Gasteiger partial charge in [0.15, 0.2) is 11.6 Å². The van der Waals surface area contributed by atoms with Crippen LogP contribution < -0.4 is 15.4 Å². The van der Waals surface area contributed by atoms with Crippen LogP contribution in [-0.4, -0.2) is 49.8 Å². The number of benzene rings is 2. The molecule has 6 rings (SSSR count). The highest BCUT2D eigenvalue weighted by Gasteiger charge is 2.35. The number of nitrogens with zero attached hydrogens (tertiary/aromatic N) is 3. The van der Waals surface area contributed by atoms with E-state index in [1.54, 1.807) is 30.3 Å². The highest BCUT2D eigenvalue weighted by Crippen LogP contribution is 2.44. The first-order valence-corrected chi connectivity index (χ1v) is 11.6. The fraction of sp³-hybridized carbons (Fsp3) is 0.308. The van der Waals surface area contributed by atoms with Crippen molar-refractivity contribution in [3.05, 3.63) is 71.6 Å². The monoisotopic (exact) mass is 478 g/mol. The Kier molecular flexibility index (Phi) is 5.58. The van der Waals surface area contributed by atoms with Gasteiger partial charge in [0.05, 0.1) is 19.3 Å². The molecule has 2 N–H and O–H groups in total. The number of rotatable bonds is 2. The van der Waals surface area contributed by atoms with E-state index in [0.717, 1.165) is 5.69 Å². The van der Waals surface area contributed by atoms with Crippen LogP contribution in [-0.2, 0) is 15.9 Å². The first-order chi connectivity index (χ1) is 17.1. The SMILES string of the molecule is NC1=NC2c3cc(-c4cccnc4F)ccc3Oc3c(F)cc(N4CCOCC4)cc3C[C@@H]2OC1. The number of fused-ring (bicyclic) bond motifs is 4. The predicted molar refractivity (Wildman–Crippen MR) is 127 cm³/mol. The molecule has 9 heteroatoms. The summed E-state index contributed by atoms with van der Waals surface area (Å²) in [6, 6.07) is 11.5. The maximum atomic E-state index is 15.4. The van der Waals surface area contributed by atoms with Crippen LogP contribution >= 0.6 is 0 Å². The lowest BCUT2D eigenvalue weighted by atomic mass is 9.90. The zero-order chi connectivity index (χ0) is 23.9. The van der Waals surface area contributed by atoms with Gasteiger partial charge >= 0.3 is 0 Å².